The second-order valence-electron chi connectivity index (χ2n) is 4.43. The summed E-state index contributed by atoms with van der Waals surface area (Å²) in [4.78, 5) is 11.7. The van der Waals surface area contributed by atoms with Crippen molar-refractivity contribution in [1.82, 2.24) is 20.2 Å². The molecule has 0 spiro atoms. The molecule has 0 saturated carbocycles. The van der Waals surface area contributed by atoms with Gasteiger partial charge in [0.1, 0.15) is 11.9 Å². The average Bonchev–Trinajstić information content (AvgIpc) is 2.84. The summed E-state index contributed by atoms with van der Waals surface area (Å²) < 4.78 is 14.8. The molecule has 1 aliphatic heterocycles. The summed E-state index contributed by atoms with van der Waals surface area (Å²) >= 11 is 0. The number of carbonyl (C=O) groups is 1. The second-order valence-corrected chi connectivity index (χ2v) is 4.43. The number of amides is 1. The SMILES string of the molecule is CC1=C(C(N)=O)[C@@H](c2cccc(F)c2)n2nnnc2N1. The van der Waals surface area contributed by atoms with Crippen molar-refractivity contribution in [2.45, 2.75) is 13.0 Å². The van der Waals surface area contributed by atoms with Crippen molar-refractivity contribution >= 4 is 11.9 Å². The van der Waals surface area contributed by atoms with Crippen molar-refractivity contribution in [1.29, 1.82) is 0 Å². The molecule has 20 heavy (non-hydrogen) atoms. The number of fused-ring (bicyclic) bond motifs is 1. The summed E-state index contributed by atoms with van der Waals surface area (Å²) in [5.41, 5.74) is 6.84. The summed E-state index contributed by atoms with van der Waals surface area (Å²) in [5, 5.41) is 14.1. The standard InChI is InChI=1S/C12H11FN6O/c1-6-9(11(14)20)10(7-3-2-4-8(13)5-7)19-12(15-6)16-17-18-19/h2-5,10H,1H3,(H2,14,20)(H,15,16,18)/t10-/m1/s1. The number of aromatic nitrogens is 4. The van der Waals surface area contributed by atoms with E-state index in [9.17, 15) is 9.18 Å². The molecule has 1 aromatic heterocycles. The molecule has 7 nitrogen and oxygen atoms in total. The van der Waals surface area contributed by atoms with Gasteiger partial charge in [-0.3, -0.25) is 4.79 Å². The Morgan fingerprint density at radius 2 is 2.30 bits per heavy atom. The quantitative estimate of drug-likeness (QED) is 0.835. The maximum absolute atomic E-state index is 13.4. The van der Waals surface area contributed by atoms with Crippen LogP contribution in [0.4, 0.5) is 10.3 Å². The van der Waals surface area contributed by atoms with Gasteiger partial charge in [-0.25, -0.2) is 4.39 Å². The number of benzene rings is 1. The largest absolute Gasteiger partial charge is 0.366 e. The van der Waals surface area contributed by atoms with Crippen LogP contribution in [-0.2, 0) is 4.79 Å². The van der Waals surface area contributed by atoms with Gasteiger partial charge < -0.3 is 11.1 Å². The van der Waals surface area contributed by atoms with E-state index < -0.39 is 17.8 Å². The van der Waals surface area contributed by atoms with Crippen molar-refractivity contribution in [3.05, 3.63) is 46.9 Å². The molecule has 0 saturated heterocycles. The molecule has 0 bridgehead atoms. The van der Waals surface area contributed by atoms with E-state index in [0.717, 1.165) is 0 Å². The number of anilines is 1. The topological polar surface area (TPSA) is 98.7 Å². The Hall–Kier alpha value is -2.77. The van der Waals surface area contributed by atoms with Gasteiger partial charge >= 0.3 is 0 Å². The Labute approximate surface area is 113 Å². The fraction of sp³-hybridized carbons (Fsp3) is 0.167. The third-order valence-electron chi connectivity index (χ3n) is 3.14. The number of hydrogen-bond acceptors (Lipinski definition) is 5. The van der Waals surface area contributed by atoms with Gasteiger partial charge in [0.05, 0.1) is 5.57 Å². The lowest BCUT2D eigenvalue weighted by Crippen LogP contribution is -2.31. The lowest BCUT2D eigenvalue weighted by Gasteiger charge is -2.26. The first-order valence-electron chi connectivity index (χ1n) is 5.89. The number of tetrazole rings is 1. The highest BCUT2D eigenvalue weighted by Gasteiger charge is 2.32. The number of nitrogens with zero attached hydrogens (tertiary/aromatic N) is 4. The average molecular weight is 274 g/mol. The first-order chi connectivity index (χ1) is 9.58. The van der Waals surface area contributed by atoms with Crippen LogP contribution < -0.4 is 11.1 Å². The Bertz CT molecular complexity index is 722. The highest BCUT2D eigenvalue weighted by molar-refractivity contribution is 5.95. The lowest BCUT2D eigenvalue weighted by molar-refractivity contribution is -0.115. The minimum absolute atomic E-state index is 0.301. The van der Waals surface area contributed by atoms with Crippen LogP contribution >= 0.6 is 0 Å². The molecule has 1 aliphatic rings. The maximum Gasteiger partial charge on any atom is 0.248 e. The van der Waals surface area contributed by atoms with E-state index in [2.05, 4.69) is 20.8 Å². The van der Waals surface area contributed by atoms with E-state index >= 15 is 0 Å². The number of halogens is 1. The molecular formula is C12H11FN6O. The molecule has 102 valence electrons. The molecule has 0 radical (unpaired) electrons. The minimum Gasteiger partial charge on any atom is -0.366 e. The van der Waals surface area contributed by atoms with Crippen molar-refractivity contribution < 1.29 is 9.18 Å². The van der Waals surface area contributed by atoms with Gasteiger partial charge in [-0.15, -0.1) is 0 Å². The van der Waals surface area contributed by atoms with Crippen LogP contribution in [0.3, 0.4) is 0 Å². The number of hydrogen-bond donors (Lipinski definition) is 2. The van der Waals surface area contributed by atoms with Crippen LogP contribution in [0.5, 0.6) is 0 Å². The smallest absolute Gasteiger partial charge is 0.248 e. The third-order valence-corrected chi connectivity index (χ3v) is 3.14. The predicted octanol–water partition coefficient (Wildman–Crippen LogP) is 0.586. The monoisotopic (exact) mass is 274 g/mol. The fourth-order valence-electron chi connectivity index (χ4n) is 2.32. The minimum atomic E-state index is -0.644. The number of rotatable bonds is 2. The first-order valence-corrected chi connectivity index (χ1v) is 5.89. The van der Waals surface area contributed by atoms with E-state index in [0.29, 0.717) is 22.8 Å². The summed E-state index contributed by atoms with van der Waals surface area (Å²) in [6.45, 7) is 1.70. The van der Waals surface area contributed by atoms with E-state index in [1.54, 1.807) is 19.1 Å². The van der Waals surface area contributed by atoms with Gasteiger partial charge in [-0.2, -0.15) is 4.68 Å². The Kier molecular flexibility index (Phi) is 2.70. The first kappa shape index (κ1) is 12.3. The van der Waals surface area contributed by atoms with Gasteiger partial charge in [0, 0.05) is 5.70 Å². The second kappa shape index (κ2) is 4.41. The maximum atomic E-state index is 13.4. The molecule has 8 heteroatoms. The van der Waals surface area contributed by atoms with Crippen molar-refractivity contribution in [2.75, 3.05) is 5.32 Å². The molecule has 3 N–H and O–H groups in total. The molecule has 1 amide bonds. The molecule has 2 heterocycles. The van der Waals surface area contributed by atoms with Crippen LogP contribution in [0.25, 0.3) is 0 Å². The number of carbonyl (C=O) groups excluding carboxylic acids is 1. The predicted molar refractivity (Wildman–Crippen MR) is 67.9 cm³/mol. The van der Waals surface area contributed by atoms with E-state index in [4.69, 9.17) is 5.73 Å². The molecular weight excluding hydrogens is 263 g/mol. The molecule has 3 rings (SSSR count). The molecule has 0 unspecified atom stereocenters. The van der Waals surface area contributed by atoms with Gasteiger partial charge in [0.15, 0.2) is 0 Å². The highest BCUT2D eigenvalue weighted by atomic mass is 19.1. The Morgan fingerprint density at radius 1 is 1.50 bits per heavy atom. The van der Waals surface area contributed by atoms with Gasteiger partial charge in [-0.05, 0) is 35.0 Å². The van der Waals surface area contributed by atoms with E-state index in [1.807, 2.05) is 0 Å². The molecule has 1 atom stereocenters. The Balaban J connectivity index is 2.22. The summed E-state index contributed by atoms with van der Waals surface area (Å²) in [5.74, 6) is -0.635. The van der Waals surface area contributed by atoms with E-state index in [-0.39, 0.29) is 0 Å². The van der Waals surface area contributed by atoms with Crippen LogP contribution in [-0.4, -0.2) is 26.1 Å². The molecule has 0 aliphatic carbocycles. The highest BCUT2D eigenvalue weighted by Crippen LogP contribution is 2.33. The van der Waals surface area contributed by atoms with Crippen molar-refractivity contribution in [2.24, 2.45) is 5.73 Å². The number of allylic oxidation sites excluding steroid dienone is 1. The summed E-state index contributed by atoms with van der Waals surface area (Å²) in [6.07, 6.45) is 0. The fourth-order valence-corrected chi connectivity index (χ4v) is 2.32. The number of nitrogens with two attached hydrogens (primary N) is 1. The molecule has 0 fully saturated rings. The normalized spacial score (nSPS) is 17.6. The third kappa shape index (κ3) is 1.81. The molecule has 2 aromatic rings. The number of primary amides is 1. The zero-order chi connectivity index (χ0) is 14.3. The van der Waals surface area contributed by atoms with Crippen LogP contribution in [0.15, 0.2) is 35.5 Å². The van der Waals surface area contributed by atoms with Gasteiger partial charge in [0.2, 0.25) is 11.9 Å². The number of nitrogens with one attached hydrogen (secondary N) is 1. The van der Waals surface area contributed by atoms with Gasteiger partial charge in [0.25, 0.3) is 0 Å². The van der Waals surface area contributed by atoms with Crippen molar-refractivity contribution in [3.63, 3.8) is 0 Å². The molecule has 1 aromatic carbocycles. The zero-order valence-electron chi connectivity index (χ0n) is 10.5. The summed E-state index contributed by atoms with van der Waals surface area (Å²) in [7, 11) is 0. The van der Waals surface area contributed by atoms with Crippen LogP contribution in [0.2, 0.25) is 0 Å². The zero-order valence-corrected chi connectivity index (χ0v) is 10.5. The van der Waals surface area contributed by atoms with Crippen LogP contribution in [0, 0.1) is 5.82 Å². The van der Waals surface area contributed by atoms with Crippen molar-refractivity contribution in [3.8, 4) is 0 Å². The Morgan fingerprint density at radius 3 is 3.00 bits per heavy atom. The lowest BCUT2D eigenvalue weighted by atomic mass is 9.95. The summed E-state index contributed by atoms with van der Waals surface area (Å²) in [6, 6.07) is 5.27. The van der Waals surface area contributed by atoms with E-state index in [1.165, 1.54) is 16.8 Å². The van der Waals surface area contributed by atoms with Gasteiger partial charge in [-0.1, -0.05) is 17.2 Å². The van der Waals surface area contributed by atoms with Crippen LogP contribution in [0.1, 0.15) is 18.5 Å².